The highest BCUT2D eigenvalue weighted by Gasteiger charge is 2.29. The Bertz CT molecular complexity index is 1110. The van der Waals surface area contributed by atoms with E-state index < -0.39 is 42.7 Å². The maximum Gasteiger partial charge on any atom is 0.326 e. The number of carboxylic acids is 2. The van der Waals surface area contributed by atoms with Gasteiger partial charge in [0.1, 0.15) is 12.1 Å². The molecule has 1 aromatic carbocycles. The number of amides is 4. The molecule has 0 aromatic heterocycles. The molecule has 0 heterocycles. The van der Waals surface area contributed by atoms with Gasteiger partial charge in [-0.15, -0.1) is 0 Å². The Labute approximate surface area is 269 Å². The van der Waals surface area contributed by atoms with Crippen molar-refractivity contribution in [3.63, 3.8) is 0 Å². The Kier molecular flexibility index (Phi) is 16.5. The van der Waals surface area contributed by atoms with Crippen molar-refractivity contribution >= 4 is 58.8 Å². The minimum Gasteiger partial charge on any atom is -0.481 e. The van der Waals surface area contributed by atoms with Gasteiger partial charge in [0, 0.05) is 35.3 Å². The number of carbonyl (C=O) groups is 6. The number of nitrogens with one attached hydrogen (secondary N) is 4. The van der Waals surface area contributed by atoms with Crippen LogP contribution in [0.5, 0.6) is 0 Å². The molecule has 0 saturated heterocycles. The molecule has 244 valence electrons. The van der Waals surface area contributed by atoms with Crippen LogP contribution in [0.1, 0.15) is 63.4 Å². The normalized spacial score (nSPS) is 18.1. The number of aliphatic carboxylic acids is 2. The molecule has 1 fully saturated rings. The first kappa shape index (κ1) is 36.7. The molecule has 0 unspecified atom stereocenters. The highest BCUT2D eigenvalue weighted by Crippen LogP contribution is 2.28. The summed E-state index contributed by atoms with van der Waals surface area (Å²) in [5.74, 6) is -2.81. The lowest BCUT2D eigenvalue weighted by Crippen LogP contribution is -2.50. The van der Waals surface area contributed by atoms with Crippen LogP contribution in [0.2, 0.25) is 0 Å². The van der Waals surface area contributed by atoms with Gasteiger partial charge in [-0.1, -0.05) is 12.1 Å². The number of hydrogen-bond donors (Lipinski definition) is 7. The summed E-state index contributed by atoms with van der Waals surface area (Å²) in [5, 5.41) is 28.2. The fourth-order valence-electron chi connectivity index (χ4n) is 4.92. The molecule has 1 aliphatic carbocycles. The number of carboxylic acid groups (broad SMARTS) is 2. The molecule has 0 radical (unpaired) electrons. The number of nitrogens with two attached hydrogens (primary N) is 1. The van der Waals surface area contributed by atoms with Crippen molar-refractivity contribution in [1.82, 2.24) is 21.3 Å². The average Bonchev–Trinajstić information content (AvgIpc) is 2.99. The molecule has 0 aliphatic heterocycles. The van der Waals surface area contributed by atoms with E-state index in [1.54, 1.807) is 0 Å². The van der Waals surface area contributed by atoms with E-state index in [0.717, 1.165) is 34.8 Å². The molecule has 3 atom stereocenters. The Morgan fingerprint density at radius 2 is 1.64 bits per heavy atom. The number of unbranched alkanes of at least 4 members (excludes halogenated alkanes) is 1. The highest BCUT2D eigenvalue weighted by atomic mass is 127. The average molecular weight is 732 g/mol. The number of halogens is 1. The van der Waals surface area contributed by atoms with Crippen LogP contribution in [0.15, 0.2) is 24.3 Å². The fourth-order valence-corrected chi connectivity index (χ4v) is 5.28. The lowest BCUT2D eigenvalue weighted by molar-refractivity contribution is -0.141. The van der Waals surface area contributed by atoms with Gasteiger partial charge in [0.05, 0.1) is 0 Å². The zero-order valence-corrected chi connectivity index (χ0v) is 26.6. The maximum absolute atomic E-state index is 13.2. The minimum absolute atomic E-state index is 0.141. The van der Waals surface area contributed by atoms with Gasteiger partial charge in [-0.05, 0) is 97.7 Å². The van der Waals surface area contributed by atoms with Crippen molar-refractivity contribution in [2.45, 2.75) is 82.5 Å². The number of rotatable bonds is 19. The second-order valence-electron chi connectivity index (χ2n) is 10.8. The van der Waals surface area contributed by atoms with E-state index in [1.165, 1.54) is 0 Å². The number of ether oxygens (including phenoxy) is 1. The number of hydrogen-bond acceptors (Lipinski definition) is 8. The molecule has 44 heavy (non-hydrogen) atoms. The predicted molar refractivity (Wildman–Crippen MR) is 167 cm³/mol. The minimum atomic E-state index is -1.44. The van der Waals surface area contributed by atoms with Crippen molar-refractivity contribution in [3.05, 3.63) is 33.4 Å². The summed E-state index contributed by atoms with van der Waals surface area (Å²) in [6.45, 7) is 1.01. The van der Waals surface area contributed by atoms with Gasteiger partial charge in [0.15, 0.2) is 6.23 Å². The molecule has 15 heteroatoms. The number of urea groups is 1. The van der Waals surface area contributed by atoms with Crippen LogP contribution < -0.4 is 27.0 Å². The van der Waals surface area contributed by atoms with Crippen molar-refractivity contribution < 1.29 is 43.7 Å². The fraction of sp³-hybridized carbons (Fsp3) is 0.586. The van der Waals surface area contributed by atoms with Crippen LogP contribution >= 0.6 is 22.6 Å². The molecule has 0 bridgehead atoms. The summed E-state index contributed by atoms with van der Waals surface area (Å²) < 4.78 is 5.92. The third kappa shape index (κ3) is 13.9. The van der Waals surface area contributed by atoms with Gasteiger partial charge in [0.25, 0.3) is 6.47 Å². The predicted octanol–water partition coefficient (Wildman–Crippen LogP) is 1.49. The van der Waals surface area contributed by atoms with Crippen LogP contribution in [-0.4, -0.2) is 77.9 Å². The Morgan fingerprint density at radius 1 is 0.955 bits per heavy atom. The zero-order chi connectivity index (χ0) is 32.5. The Hall–Kier alpha value is -3.47. The Morgan fingerprint density at radius 3 is 2.23 bits per heavy atom. The second kappa shape index (κ2) is 19.7. The first-order chi connectivity index (χ1) is 21.0. The van der Waals surface area contributed by atoms with Gasteiger partial charge in [-0.25, -0.2) is 9.59 Å². The smallest absolute Gasteiger partial charge is 0.326 e. The molecular weight excluding hydrogens is 689 g/mol. The molecule has 2 rings (SSSR count). The lowest BCUT2D eigenvalue weighted by atomic mass is 9.81. The van der Waals surface area contributed by atoms with E-state index in [0.29, 0.717) is 31.7 Å². The first-order valence-electron chi connectivity index (χ1n) is 14.7. The quantitative estimate of drug-likeness (QED) is 0.0470. The summed E-state index contributed by atoms with van der Waals surface area (Å²) in [6.07, 6.45) is 2.77. The van der Waals surface area contributed by atoms with Gasteiger partial charge in [-0.2, -0.15) is 0 Å². The molecule has 8 N–H and O–H groups in total. The number of carbonyl (C=O) groups excluding carboxylic acids is 4. The van der Waals surface area contributed by atoms with E-state index in [1.807, 2.05) is 24.3 Å². The van der Waals surface area contributed by atoms with Gasteiger partial charge in [-0.3, -0.25) is 19.2 Å². The molecular formula is C29H42IN5O9. The summed E-state index contributed by atoms with van der Waals surface area (Å²) in [6, 6.07) is 4.56. The third-order valence-corrected chi connectivity index (χ3v) is 8.21. The molecule has 4 amide bonds. The summed E-state index contributed by atoms with van der Waals surface area (Å²) in [4.78, 5) is 71.4. The van der Waals surface area contributed by atoms with Gasteiger partial charge < -0.3 is 42.0 Å². The summed E-state index contributed by atoms with van der Waals surface area (Å²) in [7, 11) is 0. The highest BCUT2D eigenvalue weighted by molar-refractivity contribution is 14.1. The maximum atomic E-state index is 13.2. The largest absolute Gasteiger partial charge is 0.481 e. The SMILES string of the molecule is NC[C@H]1CC[C@H](C(=O)N[C@@H](Cc2ccc(I)cc2)C(=O)NCCCC[C@H](NC(=O)N[C@@H](CCC(=O)O)C(=O)O)OC=O)CC1. The van der Waals surface area contributed by atoms with Crippen molar-refractivity contribution in [2.24, 2.45) is 17.6 Å². The monoisotopic (exact) mass is 731 g/mol. The van der Waals surface area contributed by atoms with Gasteiger partial charge >= 0.3 is 18.0 Å². The third-order valence-electron chi connectivity index (χ3n) is 7.49. The van der Waals surface area contributed by atoms with E-state index in [4.69, 9.17) is 15.6 Å². The topological polar surface area (TPSA) is 226 Å². The molecule has 14 nitrogen and oxygen atoms in total. The van der Waals surface area contributed by atoms with Crippen molar-refractivity contribution in [2.75, 3.05) is 13.1 Å². The van der Waals surface area contributed by atoms with E-state index in [-0.39, 0.29) is 43.6 Å². The van der Waals surface area contributed by atoms with Crippen molar-refractivity contribution in [3.8, 4) is 0 Å². The summed E-state index contributed by atoms with van der Waals surface area (Å²) in [5.41, 5.74) is 6.68. The molecule has 1 aromatic rings. The van der Waals surface area contributed by atoms with Crippen molar-refractivity contribution in [1.29, 1.82) is 0 Å². The van der Waals surface area contributed by atoms with E-state index >= 15 is 0 Å². The molecule has 0 spiro atoms. The Balaban J connectivity index is 1.87. The lowest BCUT2D eigenvalue weighted by Gasteiger charge is -2.28. The standard InChI is InChI=1S/C29H42IN5O9/c30-21-10-6-18(7-11-21)15-23(33-26(39)20-8-4-19(16-31)5-9-20)27(40)32-14-2-1-3-24(44-17-36)35-29(43)34-22(28(41)42)12-13-25(37)38/h6-7,10-11,17,19-20,22-24H,1-5,8-9,12-16,31H2,(H,32,40)(H,33,39)(H,37,38)(H,41,42)(H2,34,35,43)/t19-,20-,22-,23-,24+/m0/s1. The molecule has 1 aliphatic rings. The van der Waals surface area contributed by atoms with Crippen LogP contribution in [0.4, 0.5) is 4.79 Å². The zero-order valence-electron chi connectivity index (χ0n) is 24.5. The van der Waals surface area contributed by atoms with E-state index in [9.17, 15) is 33.9 Å². The van der Waals surface area contributed by atoms with Crippen LogP contribution in [0.3, 0.4) is 0 Å². The second-order valence-corrected chi connectivity index (χ2v) is 12.0. The first-order valence-corrected chi connectivity index (χ1v) is 15.7. The molecule has 1 saturated carbocycles. The number of benzene rings is 1. The van der Waals surface area contributed by atoms with Crippen LogP contribution in [0, 0.1) is 15.4 Å². The summed E-state index contributed by atoms with van der Waals surface area (Å²) >= 11 is 2.20. The van der Waals surface area contributed by atoms with Gasteiger partial charge in [0.2, 0.25) is 11.8 Å². The van der Waals surface area contributed by atoms with E-state index in [2.05, 4.69) is 43.9 Å². The van der Waals surface area contributed by atoms with Crippen LogP contribution in [-0.2, 0) is 35.1 Å². The van der Waals surface area contributed by atoms with Crippen LogP contribution in [0.25, 0.3) is 0 Å².